The number of aryl methyl sites for hydroxylation is 2. The average Bonchev–Trinajstić information content (AvgIpc) is 2.85. The van der Waals surface area contributed by atoms with E-state index in [0.717, 1.165) is 11.1 Å². The van der Waals surface area contributed by atoms with Crippen LogP contribution < -0.4 is 5.32 Å². The lowest BCUT2D eigenvalue weighted by Gasteiger charge is -2.03. The molecule has 1 amide bonds. The molecular formula is C18H16N2O2S. The van der Waals surface area contributed by atoms with Crippen LogP contribution in [0.5, 0.6) is 5.75 Å². The second-order valence-corrected chi connectivity index (χ2v) is 6.37. The molecule has 5 heteroatoms. The number of hydrogen-bond donors (Lipinski definition) is 2. The second kappa shape index (κ2) is 6.30. The number of carbonyl (C=O) groups excluding carboxylic acids is 1. The third kappa shape index (κ3) is 3.46. The fraction of sp³-hybridized carbons (Fsp3) is 0.111. The third-order valence-electron chi connectivity index (χ3n) is 3.46. The highest BCUT2D eigenvalue weighted by atomic mass is 32.2. The Morgan fingerprint density at radius 1 is 1.13 bits per heavy atom. The van der Waals surface area contributed by atoms with Gasteiger partial charge < -0.3 is 10.4 Å². The summed E-state index contributed by atoms with van der Waals surface area (Å²) in [4.78, 5) is 17.0. The Morgan fingerprint density at radius 3 is 2.57 bits per heavy atom. The van der Waals surface area contributed by atoms with Crippen molar-refractivity contribution >= 4 is 34.6 Å². The Morgan fingerprint density at radius 2 is 1.87 bits per heavy atom. The molecule has 23 heavy (non-hydrogen) atoms. The number of nitrogens with one attached hydrogen (secondary N) is 1. The molecule has 0 atom stereocenters. The predicted octanol–water partition coefficient (Wildman–Crippen LogP) is 3.90. The van der Waals surface area contributed by atoms with Crippen LogP contribution in [0.3, 0.4) is 0 Å². The second-order valence-electron chi connectivity index (χ2n) is 5.34. The number of carbonyl (C=O) groups is 1. The molecule has 0 aromatic heterocycles. The predicted molar refractivity (Wildman–Crippen MR) is 94.8 cm³/mol. The molecule has 0 bridgehead atoms. The average molecular weight is 324 g/mol. The van der Waals surface area contributed by atoms with Gasteiger partial charge >= 0.3 is 0 Å². The maximum absolute atomic E-state index is 12.1. The Bertz CT molecular complexity index is 803. The number of phenols is 1. The molecule has 1 fully saturated rings. The van der Waals surface area contributed by atoms with Crippen molar-refractivity contribution in [3.05, 3.63) is 64.1 Å². The Balaban J connectivity index is 1.88. The van der Waals surface area contributed by atoms with Crippen LogP contribution in [-0.4, -0.2) is 16.2 Å². The molecule has 116 valence electrons. The Kier molecular flexibility index (Phi) is 4.21. The lowest BCUT2D eigenvalue weighted by Crippen LogP contribution is -2.19. The van der Waals surface area contributed by atoms with E-state index in [-0.39, 0.29) is 11.7 Å². The van der Waals surface area contributed by atoms with Crippen molar-refractivity contribution < 1.29 is 9.90 Å². The summed E-state index contributed by atoms with van der Waals surface area (Å²) in [5, 5.41) is 13.1. The van der Waals surface area contributed by atoms with Gasteiger partial charge in [0.25, 0.3) is 5.91 Å². The molecule has 0 spiro atoms. The summed E-state index contributed by atoms with van der Waals surface area (Å²) in [5.74, 6) is -0.0780. The van der Waals surface area contributed by atoms with Crippen molar-refractivity contribution in [1.29, 1.82) is 0 Å². The molecule has 3 rings (SSSR count). The van der Waals surface area contributed by atoms with Crippen molar-refractivity contribution in [2.75, 3.05) is 0 Å². The van der Waals surface area contributed by atoms with Gasteiger partial charge in [0.2, 0.25) is 0 Å². The van der Waals surface area contributed by atoms with Gasteiger partial charge in [-0.2, -0.15) is 0 Å². The maximum Gasteiger partial charge on any atom is 0.264 e. The molecule has 2 aromatic rings. The van der Waals surface area contributed by atoms with Crippen LogP contribution in [0.1, 0.15) is 16.7 Å². The normalized spacial score (nSPS) is 17.7. The number of para-hydroxylation sites is 1. The number of rotatable bonds is 2. The van der Waals surface area contributed by atoms with Gasteiger partial charge in [-0.25, -0.2) is 4.99 Å². The summed E-state index contributed by atoms with van der Waals surface area (Å²) >= 11 is 1.27. The van der Waals surface area contributed by atoms with Crippen molar-refractivity contribution in [2.45, 2.75) is 13.8 Å². The summed E-state index contributed by atoms with van der Waals surface area (Å²) in [5.41, 5.74) is 3.47. The van der Waals surface area contributed by atoms with Crippen LogP contribution in [-0.2, 0) is 4.79 Å². The first-order valence-corrected chi connectivity index (χ1v) is 7.99. The highest BCUT2D eigenvalue weighted by Crippen LogP contribution is 2.33. The molecule has 1 heterocycles. The van der Waals surface area contributed by atoms with Crippen molar-refractivity contribution in [3.8, 4) is 5.75 Å². The first-order chi connectivity index (χ1) is 11.0. The summed E-state index contributed by atoms with van der Waals surface area (Å²) in [6.45, 7) is 3.89. The number of thioether (sulfide) groups is 1. The third-order valence-corrected chi connectivity index (χ3v) is 4.37. The monoisotopic (exact) mass is 324 g/mol. The number of amides is 1. The highest BCUT2D eigenvalue weighted by Gasteiger charge is 2.24. The van der Waals surface area contributed by atoms with E-state index in [4.69, 9.17) is 0 Å². The lowest BCUT2D eigenvalue weighted by atomic mass is 10.1. The van der Waals surface area contributed by atoms with Gasteiger partial charge in [0.05, 0.1) is 4.91 Å². The summed E-state index contributed by atoms with van der Waals surface area (Å²) in [6.07, 6.45) is 1.83. The van der Waals surface area contributed by atoms with Crippen molar-refractivity contribution in [1.82, 2.24) is 5.32 Å². The molecule has 0 saturated carbocycles. The zero-order valence-electron chi connectivity index (χ0n) is 12.8. The zero-order chi connectivity index (χ0) is 16.4. The van der Waals surface area contributed by atoms with E-state index in [1.807, 2.05) is 50.3 Å². The minimum Gasteiger partial charge on any atom is -0.506 e. The molecule has 0 aliphatic carbocycles. The van der Waals surface area contributed by atoms with E-state index in [0.29, 0.717) is 15.8 Å². The fourth-order valence-electron chi connectivity index (χ4n) is 2.19. The fourth-order valence-corrected chi connectivity index (χ4v) is 3.01. The molecule has 4 nitrogen and oxygen atoms in total. The number of phenolic OH excluding ortho intramolecular Hbond substituents is 1. The molecule has 2 N–H and O–H groups in total. The van der Waals surface area contributed by atoms with Crippen LogP contribution in [0.25, 0.3) is 6.08 Å². The largest absolute Gasteiger partial charge is 0.506 e. The zero-order valence-corrected chi connectivity index (χ0v) is 13.6. The minimum atomic E-state index is -0.178. The first-order valence-electron chi connectivity index (χ1n) is 7.18. The summed E-state index contributed by atoms with van der Waals surface area (Å²) < 4.78 is 0. The Hall–Kier alpha value is -2.53. The van der Waals surface area contributed by atoms with E-state index >= 15 is 0 Å². The van der Waals surface area contributed by atoms with E-state index in [2.05, 4.69) is 10.3 Å². The number of amidine groups is 1. The number of nitrogens with zero attached hydrogens (tertiary/aromatic N) is 1. The van der Waals surface area contributed by atoms with Gasteiger partial charge in [-0.3, -0.25) is 4.79 Å². The molecule has 1 saturated heterocycles. The lowest BCUT2D eigenvalue weighted by molar-refractivity contribution is -0.115. The van der Waals surface area contributed by atoms with E-state index in [1.54, 1.807) is 12.1 Å². The van der Waals surface area contributed by atoms with Crippen LogP contribution in [0.2, 0.25) is 0 Å². The topological polar surface area (TPSA) is 61.7 Å². The standard InChI is InChI=1S/C18H16N2O2S/c1-11-6-8-13(9-7-11)10-15-17(22)20-18(23-15)19-16-12(2)4-3-5-14(16)21/h3-10,21H,1-2H3,(H,19,20,22)/b15-10-. The van der Waals surface area contributed by atoms with Crippen LogP contribution in [0.15, 0.2) is 52.4 Å². The highest BCUT2D eigenvalue weighted by molar-refractivity contribution is 8.18. The van der Waals surface area contributed by atoms with E-state index in [1.165, 1.54) is 17.3 Å². The molecule has 0 radical (unpaired) electrons. The van der Waals surface area contributed by atoms with Gasteiger partial charge in [0.1, 0.15) is 11.4 Å². The summed E-state index contributed by atoms with van der Waals surface area (Å²) in [7, 11) is 0. The molecule has 1 aliphatic rings. The first kappa shape index (κ1) is 15.4. The molecule has 1 aliphatic heterocycles. The van der Waals surface area contributed by atoms with E-state index < -0.39 is 0 Å². The van der Waals surface area contributed by atoms with Gasteiger partial charge in [-0.15, -0.1) is 0 Å². The van der Waals surface area contributed by atoms with Crippen LogP contribution in [0.4, 0.5) is 5.69 Å². The number of hydrogen-bond acceptors (Lipinski definition) is 4. The number of aliphatic imine (C=N–C) groups is 1. The summed E-state index contributed by atoms with van der Waals surface area (Å²) in [6, 6.07) is 13.2. The quantitative estimate of drug-likeness (QED) is 0.824. The smallest absolute Gasteiger partial charge is 0.264 e. The maximum atomic E-state index is 12.1. The van der Waals surface area contributed by atoms with Gasteiger partial charge in [-0.1, -0.05) is 42.0 Å². The minimum absolute atomic E-state index is 0.100. The molecular weight excluding hydrogens is 308 g/mol. The van der Waals surface area contributed by atoms with Crippen molar-refractivity contribution in [2.24, 2.45) is 4.99 Å². The van der Waals surface area contributed by atoms with Crippen LogP contribution >= 0.6 is 11.8 Å². The Labute approximate surface area is 139 Å². The molecule has 2 aromatic carbocycles. The van der Waals surface area contributed by atoms with E-state index in [9.17, 15) is 9.90 Å². The number of benzene rings is 2. The number of aromatic hydroxyl groups is 1. The van der Waals surface area contributed by atoms with Crippen molar-refractivity contribution in [3.63, 3.8) is 0 Å². The molecule has 0 unspecified atom stereocenters. The SMILES string of the molecule is Cc1ccc(/C=C2\SC(=Nc3c(C)cccc3O)NC2=O)cc1. The van der Waals surface area contributed by atoms with Gasteiger partial charge in [0, 0.05) is 0 Å². The van der Waals surface area contributed by atoms with Crippen LogP contribution in [0, 0.1) is 13.8 Å². The van der Waals surface area contributed by atoms with Gasteiger partial charge in [-0.05, 0) is 48.9 Å². The van der Waals surface area contributed by atoms with Gasteiger partial charge in [0.15, 0.2) is 5.17 Å².